The van der Waals surface area contributed by atoms with Crippen molar-refractivity contribution in [3.63, 3.8) is 0 Å². The Bertz CT molecular complexity index is 732. The third kappa shape index (κ3) is 8.39. The highest BCUT2D eigenvalue weighted by molar-refractivity contribution is 5.79. The first-order valence-electron chi connectivity index (χ1n) is 9.70. The van der Waals surface area contributed by atoms with Crippen molar-refractivity contribution in [3.05, 3.63) is 65.5 Å². The van der Waals surface area contributed by atoms with E-state index in [1.165, 1.54) is 12.1 Å². The molecular formula is C22H31FN4O. The van der Waals surface area contributed by atoms with Crippen molar-refractivity contribution < 1.29 is 9.13 Å². The molecule has 6 heteroatoms. The second-order valence-electron chi connectivity index (χ2n) is 6.80. The third-order valence-electron chi connectivity index (χ3n) is 4.09. The van der Waals surface area contributed by atoms with Gasteiger partial charge in [0.1, 0.15) is 18.2 Å². The van der Waals surface area contributed by atoms with Gasteiger partial charge in [-0.2, -0.15) is 0 Å². The predicted molar refractivity (Wildman–Crippen MR) is 113 cm³/mol. The molecule has 0 aliphatic rings. The summed E-state index contributed by atoms with van der Waals surface area (Å²) in [4.78, 5) is 6.74. The van der Waals surface area contributed by atoms with Crippen molar-refractivity contribution in [1.29, 1.82) is 0 Å². The van der Waals surface area contributed by atoms with Crippen molar-refractivity contribution >= 4 is 5.96 Å². The van der Waals surface area contributed by atoms with Gasteiger partial charge in [0, 0.05) is 19.6 Å². The van der Waals surface area contributed by atoms with Crippen LogP contribution in [0.1, 0.15) is 18.1 Å². The summed E-state index contributed by atoms with van der Waals surface area (Å²) in [6.07, 6.45) is 0.805. The van der Waals surface area contributed by atoms with E-state index in [9.17, 15) is 4.39 Å². The van der Waals surface area contributed by atoms with Crippen LogP contribution in [0, 0.1) is 5.82 Å². The summed E-state index contributed by atoms with van der Waals surface area (Å²) in [6, 6.07) is 14.6. The topological polar surface area (TPSA) is 48.9 Å². The predicted octanol–water partition coefficient (Wildman–Crippen LogP) is 3.06. The number of rotatable bonds is 10. The van der Waals surface area contributed by atoms with E-state index < -0.39 is 0 Å². The maximum absolute atomic E-state index is 13.0. The maximum atomic E-state index is 13.0. The number of guanidine groups is 1. The number of halogens is 1. The Balaban J connectivity index is 1.86. The summed E-state index contributed by atoms with van der Waals surface area (Å²) < 4.78 is 18.8. The number of likely N-dealkylation sites (N-methyl/N-ethyl adjacent to an activating group) is 1. The monoisotopic (exact) mass is 386 g/mol. The zero-order chi connectivity index (χ0) is 20.2. The fraction of sp³-hybridized carbons (Fsp3) is 0.409. The number of benzene rings is 2. The standard InChI is InChI=1S/C22H31FN4O/c1-4-24-22(25-13-12-18-8-10-20(23)11-9-18)26-17-19-6-5-7-21(16-19)28-15-14-27(2)3/h5-11,16H,4,12-15,17H2,1-3H3,(H2,24,25,26). The number of ether oxygens (including phenoxy) is 1. The quantitative estimate of drug-likeness (QED) is 0.487. The molecule has 0 unspecified atom stereocenters. The lowest BCUT2D eigenvalue weighted by Gasteiger charge is -2.12. The average molecular weight is 387 g/mol. The van der Waals surface area contributed by atoms with Crippen LogP contribution >= 0.6 is 0 Å². The van der Waals surface area contributed by atoms with Gasteiger partial charge in [-0.15, -0.1) is 0 Å². The van der Waals surface area contributed by atoms with Crippen LogP contribution in [-0.2, 0) is 13.0 Å². The minimum Gasteiger partial charge on any atom is -0.492 e. The molecule has 0 heterocycles. The summed E-state index contributed by atoms with van der Waals surface area (Å²) in [5, 5.41) is 6.58. The van der Waals surface area contributed by atoms with E-state index in [1.807, 2.05) is 57.4 Å². The van der Waals surface area contributed by atoms with Crippen LogP contribution in [0.5, 0.6) is 5.75 Å². The first-order chi connectivity index (χ1) is 13.6. The first-order valence-corrected chi connectivity index (χ1v) is 9.70. The zero-order valence-corrected chi connectivity index (χ0v) is 17.0. The Morgan fingerprint density at radius 3 is 2.57 bits per heavy atom. The Morgan fingerprint density at radius 1 is 1.07 bits per heavy atom. The van der Waals surface area contributed by atoms with Crippen molar-refractivity contribution in [1.82, 2.24) is 15.5 Å². The lowest BCUT2D eigenvalue weighted by Crippen LogP contribution is -2.38. The maximum Gasteiger partial charge on any atom is 0.191 e. The van der Waals surface area contributed by atoms with E-state index >= 15 is 0 Å². The van der Waals surface area contributed by atoms with Gasteiger partial charge < -0.3 is 20.3 Å². The SMILES string of the molecule is CCNC(=NCc1cccc(OCCN(C)C)c1)NCCc1ccc(F)cc1. The molecule has 0 atom stereocenters. The summed E-state index contributed by atoms with van der Waals surface area (Å²) >= 11 is 0. The minimum atomic E-state index is -0.209. The molecule has 0 aliphatic carbocycles. The Hall–Kier alpha value is -2.60. The van der Waals surface area contributed by atoms with Gasteiger partial charge in [0.15, 0.2) is 5.96 Å². The van der Waals surface area contributed by atoms with Gasteiger partial charge in [0.2, 0.25) is 0 Å². The second-order valence-corrected chi connectivity index (χ2v) is 6.80. The molecule has 0 aliphatic heterocycles. The lowest BCUT2D eigenvalue weighted by molar-refractivity contribution is 0.261. The van der Waals surface area contributed by atoms with Gasteiger partial charge in [-0.3, -0.25) is 0 Å². The molecule has 28 heavy (non-hydrogen) atoms. The molecular weight excluding hydrogens is 355 g/mol. The number of nitrogens with zero attached hydrogens (tertiary/aromatic N) is 2. The molecule has 5 nitrogen and oxygen atoms in total. The van der Waals surface area contributed by atoms with Crippen LogP contribution in [0.4, 0.5) is 4.39 Å². The normalized spacial score (nSPS) is 11.5. The highest BCUT2D eigenvalue weighted by Crippen LogP contribution is 2.14. The molecule has 0 spiro atoms. The van der Waals surface area contributed by atoms with E-state index in [0.717, 1.165) is 48.9 Å². The molecule has 0 amide bonds. The van der Waals surface area contributed by atoms with Crippen molar-refractivity contribution in [2.75, 3.05) is 40.3 Å². The van der Waals surface area contributed by atoms with Crippen molar-refractivity contribution in [3.8, 4) is 5.75 Å². The molecule has 0 radical (unpaired) electrons. The van der Waals surface area contributed by atoms with Gasteiger partial charge in [0.25, 0.3) is 0 Å². The number of nitrogens with one attached hydrogen (secondary N) is 2. The first kappa shape index (κ1) is 21.7. The average Bonchev–Trinajstić information content (AvgIpc) is 2.68. The zero-order valence-electron chi connectivity index (χ0n) is 17.0. The van der Waals surface area contributed by atoms with Crippen LogP contribution in [0.15, 0.2) is 53.5 Å². The van der Waals surface area contributed by atoms with E-state index in [1.54, 1.807) is 0 Å². The molecule has 2 aromatic rings. The highest BCUT2D eigenvalue weighted by Gasteiger charge is 2.01. The molecule has 0 saturated carbocycles. The van der Waals surface area contributed by atoms with Crippen LogP contribution in [0.2, 0.25) is 0 Å². The number of hydrogen-bond donors (Lipinski definition) is 2. The Kier molecular flexibility index (Phi) is 9.28. The molecule has 2 aromatic carbocycles. The third-order valence-corrected chi connectivity index (χ3v) is 4.09. The van der Waals surface area contributed by atoms with Gasteiger partial charge >= 0.3 is 0 Å². The number of aliphatic imine (C=N–C) groups is 1. The second kappa shape index (κ2) is 12.0. The molecule has 0 fully saturated rings. The molecule has 0 saturated heterocycles. The van der Waals surface area contributed by atoms with E-state index in [-0.39, 0.29) is 5.82 Å². The largest absolute Gasteiger partial charge is 0.492 e. The van der Waals surface area contributed by atoms with Gasteiger partial charge in [-0.1, -0.05) is 24.3 Å². The molecule has 2 N–H and O–H groups in total. The minimum absolute atomic E-state index is 0.209. The van der Waals surface area contributed by atoms with Crippen molar-refractivity contribution in [2.45, 2.75) is 19.9 Å². The van der Waals surface area contributed by atoms with E-state index in [2.05, 4.69) is 20.5 Å². The lowest BCUT2D eigenvalue weighted by atomic mass is 10.1. The van der Waals surface area contributed by atoms with Crippen LogP contribution in [-0.4, -0.2) is 51.2 Å². The fourth-order valence-electron chi connectivity index (χ4n) is 2.57. The molecule has 0 aromatic heterocycles. The Labute approximate surface area is 167 Å². The molecule has 0 bridgehead atoms. The summed E-state index contributed by atoms with van der Waals surface area (Å²) in [5.74, 6) is 1.42. The van der Waals surface area contributed by atoms with Gasteiger partial charge in [-0.05, 0) is 62.8 Å². The highest BCUT2D eigenvalue weighted by atomic mass is 19.1. The van der Waals surface area contributed by atoms with Gasteiger partial charge in [0.05, 0.1) is 6.54 Å². The Morgan fingerprint density at radius 2 is 1.86 bits per heavy atom. The van der Waals surface area contributed by atoms with Crippen LogP contribution in [0.3, 0.4) is 0 Å². The van der Waals surface area contributed by atoms with Crippen LogP contribution in [0.25, 0.3) is 0 Å². The number of hydrogen-bond acceptors (Lipinski definition) is 3. The summed E-state index contributed by atoms with van der Waals surface area (Å²) in [5.41, 5.74) is 2.19. The van der Waals surface area contributed by atoms with Crippen LogP contribution < -0.4 is 15.4 Å². The van der Waals surface area contributed by atoms with E-state index in [0.29, 0.717) is 13.2 Å². The van der Waals surface area contributed by atoms with E-state index in [4.69, 9.17) is 4.74 Å². The fourth-order valence-corrected chi connectivity index (χ4v) is 2.57. The van der Waals surface area contributed by atoms with Crippen molar-refractivity contribution in [2.24, 2.45) is 4.99 Å². The smallest absolute Gasteiger partial charge is 0.191 e. The van der Waals surface area contributed by atoms with Gasteiger partial charge in [-0.25, -0.2) is 9.38 Å². The summed E-state index contributed by atoms with van der Waals surface area (Å²) in [7, 11) is 4.06. The molecule has 2 rings (SSSR count). The molecule has 152 valence electrons. The summed E-state index contributed by atoms with van der Waals surface area (Å²) in [6.45, 7) is 5.66.